The molecule has 0 bridgehead atoms. The molecular formula is C51H29N3O2S. The van der Waals surface area contributed by atoms with E-state index in [4.69, 9.17) is 36.2 Å². The Hall–Kier alpha value is -7.41. The molecule has 0 atom stereocenters. The summed E-state index contributed by atoms with van der Waals surface area (Å²) in [6.45, 7) is 0. The third kappa shape index (κ3) is 5.12. The van der Waals surface area contributed by atoms with Crippen molar-refractivity contribution in [2.24, 2.45) is 0 Å². The predicted octanol–water partition coefficient (Wildman–Crippen LogP) is 14.4. The summed E-state index contributed by atoms with van der Waals surface area (Å²) in [7, 11) is 0. The topological polar surface area (TPSA) is 65.0 Å². The number of aromatic nitrogens is 3. The van der Waals surface area contributed by atoms with Crippen molar-refractivity contribution in [1.29, 1.82) is 0 Å². The molecule has 57 heavy (non-hydrogen) atoms. The van der Waals surface area contributed by atoms with E-state index in [2.05, 4.69) is 15.0 Å². The maximum Gasteiger partial charge on any atom is 0.164 e. The van der Waals surface area contributed by atoms with Gasteiger partial charge in [0.1, 0.15) is 22.3 Å². The second-order valence-corrected chi connectivity index (χ2v) is 13.1. The van der Waals surface area contributed by atoms with Gasteiger partial charge >= 0.3 is 0 Å². The van der Waals surface area contributed by atoms with Gasteiger partial charge in [-0.1, -0.05) is 145 Å². The second-order valence-electron chi connectivity index (χ2n) is 12.1. The fourth-order valence-corrected chi connectivity index (χ4v) is 7.56. The molecule has 0 radical (unpaired) electrons. The zero-order valence-electron chi connectivity index (χ0n) is 57.1. The highest BCUT2D eigenvalue weighted by Gasteiger charge is 2.21. The first kappa shape index (κ1) is 14.6. The minimum Gasteiger partial charge on any atom is -0.456 e. The fraction of sp³-hybridized carbons (Fsp3) is 0. The number of hydrogen-bond acceptors (Lipinski definition) is 6. The first-order valence-corrected chi connectivity index (χ1v) is 17.4. The highest BCUT2D eigenvalue weighted by Crippen LogP contribution is 2.47. The number of rotatable bonds is 5. The average Bonchev–Trinajstić information content (AvgIpc) is 1.55. The maximum atomic E-state index is 10.2. The third-order valence-corrected chi connectivity index (χ3v) is 10.00. The van der Waals surface area contributed by atoms with Crippen LogP contribution >= 0.6 is 11.3 Å². The minimum atomic E-state index is -0.923. The minimum absolute atomic E-state index is 0.320. The summed E-state index contributed by atoms with van der Waals surface area (Å²) in [4.78, 5) is 12.9. The van der Waals surface area contributed by atoms with E-state index in [9.17, 15) is 12.3 Å². The molecule has 4 heterocycles. The van der Waals surface area contributed by atoms with E-state index >= 15 is 0 Å². The largest absolute Gasteiger partial charge is 0.456 e. The molecule has 0 saturated carbocycles. The fourth-order valence-electron chi connectivity index (χ4n) is 6.44. The van der Waals surface area contributed by atoms with E-state index in [0.717, 1.165) is 0 Å². The van der Waals surface area contributed by atoms with Crippen LogP contribution in [0.5, 0.6) is 0 Å². The first-order valence-electron chi connectivity index (χ1n) is 31.1. The van der Waals surface area contributed by atoms with Crippen molar-refractivity contribution in [2.45, 2.75) is 0 Å². The molecule has 0 aliphatic rings. The van der Waals surface area contributed by atoms with Crippen LogP contribution in [0.1, 0.15) is 39.8 Å². The van der Waals surface area contributed by atoms with Gasteiger partial charge in [-0.05, 0) is 41.3 Å². The number of benzene rings is 8. The summed E-state index contributed by atoms with van der Waals surface area (Å²) in [6.07, 6.45) is 0. The van der Waals surface area contributed by atoms with Crippen molar-refractivity contribution in [3.63, 3.8) is 0 Å². The number of para-hydroxylation sites is 3. The SMILES string of the molecule is [2H]c1c([2H])c([2H])c(-c2nc(-c3c([2H])c([2H])c([2H])c([2H])c3[2H])nc(-c3c([2H])c([2H])c4c(sc5c(-c6c([2H])c(-c7c([2H])c([2H])c([2H])c8c7oc7c([2H])c([2H])c([2H])c([2H])c78)c([2H])c7oc8c([2H])c([2H])c([2H])c([2H])c8c67)c([2H])c([2H])c([2H])c54)c3[2H])n2)c([2H])c1[2H]. The zero-order chi connectivity index (χ0) is 62.7. The van der Waals surface area contributed by atoms with Gasteiger partial charge < -0.3 is 8.83 Å². The van der Waals surface area contributed by atoms with Crippen LogP contribution in [0.3, 0.4) is 0 Å². The molecule has 0 fully saturated rings. The Morgan fingerprint density at radius 2 is 0.982 bits per heavy atom. The lowest BCUT2D eigenvalue weighted by atomic mass is 9.93. The molecule has 0 aliphatic carbocycles. The summed E-state index contributed by atoms with van der Waals surface area (Å²) in [6, 6.07) is -24.3. The molecule has 0 spiro atoms. The van der Waals surface area contributed by atoms with Gasteiger partial charge in [-0.3, -0.25) is 0 Å². The highest BCUT2D eigenvalue weighted by atomic mass is 32.1. The number of fused-ring (bicyclic) bond motifs is 9. The molecular weight excluding hydrogens is 719 g/mol. The van der Waals surface area contributed by atoms with Crippen molar-refractivity contribution < 1.29 is 48.6 Å². The van der Waals surface area contributed by atoms with Gasteiger partial charge in [0.2, 0.25) is 0 Å². The number of thiophene rings is 1. The van der Waals surface area contributed by atoms with E-state index in [1.807, 2.05) is 0 Å². The van der Waals surface area contributed by atoms with E-state index in [1.54, 1.807) is 0 Å². The molecule has 12 aromatic rings. The highest BCUT2D eigenvalue weighted by molar-refractivity contribution is 7.26. The van der Waals surface area contributed by atoms with Gasteiger partial charge in [-0.2, -0.15) is 0 Å². The van der Waals surface area contributed by atoms with Crippen LogP contribution in [-0.4, -0.2) is 15.0 Å². The van der Waals surface area contributed by atoms with E-state index < -0.39 is 286 Å². The molecule has 4 aromatic heterocycles. The molecule has 8 aromatic carbocycles. The molecule has 12 rings (SSSR count). The Bertz CT molecular complexity index is 5100. The van der Waals surface area contributed by atoms with Gasteiger partial charge in [-0.25, -0.2) is 15.0 Å². The van der Waals surface area contributed by atoms with Crippen LogP contribution in [0.25, 0.3) is 120 Å². The van der Waals surface area contributed by atoms with Crippen molar-refractivity contribution in [2.75, 3.05) is 0 Å². The average molecular weight is 777 g/mol. The van der Waals surface area contributed by atoms with Crippen LogP contribution in [-0.2, 0) is 0 Å². The Morgan fingerprint density at radius 3 is 1.72 bits per heavy atom. The van der Waals surface area contributed by atoms with Crippen LogP contribution in [0.2, 0.25) is 0 Å². The van der Waals surface area contributed by atoms with Gasteiger partial charge in [0.05, 0.1) is 39.8 Å². The smallest absolute Gasteiger partial charge is 0.164 e. The molecule has 0 N–H and O–H groups in total. The van der Waals surface area contributed by atoms with Crippen molar-refractivity contribution in [1.82, 2.24) is 15.0 Å². The number of hydrogen-bond donors (Lipinski definition) is 0. The van der Waals surface area contributed by atoms with Crippen LogP contribution in [0.4, 0.5) is 0 Å². The second kappa shape index (κ2) is 12.6. The van der Waals surface area contributed by atoms with Crippen molar-refractivity contribution in [3.8, 4) is 56.4 Å². The monoisotopic (exact) mass is 776 g/mol. The van der Waals surface area contributed by atoms with Crippen LogP contribution in [0, 0.1) is 0 Å². The van der Waals surface area contributed by atoms with E-state index in [0.29, 0.717) is 11.3 Å². The summed E-state index contributed by atoms with van der Waals surface area (Å²) in [5.41, 5.74) is -6.98. The van der Waals surface area contributed by atoms with Gasteiger partial charge in [0.25, 0.3) is 0 Å². The maximum absolute atomic E-state index is 10.2. The van der Waals surface area contributed by atoms with Crippen LogP contribution in [0.15, 0.2) is 184 Å². The molecule has 0 saturated heterocycles. The molecule has 266 valence electrons. The first-order chi connectivity index (χ1) is 40.3. The summed E-state index contributed by atoms with van der Waals surface area (Å²) < 4.78 is 271. The van der Waals surface area contributed by atoms with E-state index in [1.165, 1.54) is 0 Å². The lowest BCUT2D eigenvalue weighted by molar-refractivity contribution is 0.668. The Labute approximate surface area is 370 Å². The standard InChI is InChI=1S/C51H29N3O2S/c1-3-13-30(14-4-1)49-52-50(31-15-5-2-6-16-31)54-51(53-49)32-25-26-36-38-21-12-22-39(48(38)57-45(36)29-32)41-27-33(28-44-46(41)40-18-8-10-24-43(40)55-44)34-19-11-20-37-35-17-7-9-23-42(35)56-47(34)37/h1-29H/i1D,2D,3D,4D,5D,6D,7D,8D,9D,10D,11D,12D,13D,14D,15D,16D,17D,18D,19D,20D,21D,22D,23D,24D,25D,26D,27D,28D,29D. The van der Waals surface area contributed by atoms with Gasteiger partial charge in [-0.15, -0.1) is 11.3 Å². The molecule has 0 unspecified atom stereocenters. The quantitative estimate of drug-likeness (QED) is 0.174. The summed E-state index contributed by atoms with van der Waals surface area (Å²) in [5.74, 6) is -2.33. The van der Waals surface area contributed by atoms with Gasteiger partial charge in [0.15, 0.2) is 17.5 Å². The molecule has 5 nitrogen and oxygen atoms in total. The number of nitrogens with zero attached hydrogens (tertiary/aromatic N) is 3. The Balaban J connectivity index is 1.25. The lowest BCUT2D eigenvalue weighted by Gasteiger charge is -2.10. The number of furan rings is 2. The predicted molar refractivity (Wildman–Crippen MR) is 234 cm³/mol. The van der Waals surface area contributed by atoms with Crippen molar-refractivity contribution in [3.05, 3.63) is 175 Å². The Kier molecular flexibility index (Phi) is 3.22. The van der Waals surface area contributed by atoms with Crippen LogP contribution < -0.4 is 0 Å². The third-order valence-electron chi connectivity index (χ3n) is 8.88. The zero-order valence-corrected chi connectivity index (χ0v) is 28.9. The normalized spacial score (nSPS) is 19.0. The summed E-state index contributed by atoms with van der Waals surface area (Å²) in [5, 5.41) is -2.62. The summed E-state index contributed by atoms with van der Waals surface area (Å²) >= 11 is 0.518. The molecule has 0 amide bonds. The van der Waals surface area contributed by atoms with E-state index in [-0.39, 0.29) is 9.40 Å². The molecule has 0 aliphatic heterocycles. The van der Waals surface area contributed by atoms with Gasteiger partial charge in [0, 0.05) is 69.5 Å². The lowest BCUT2D eigenvalue weighted by Crippen LogP contribution is -1.99. The van der Waals surface area contributed by atoms with Crippen molar-refractivity contribution >= 4 is 75.4 Å². The Morgan fingerprint density at radius 1 is 0.386 bits per heavy atom. The molecule has 6 heteroatoms.